The van der Waals surface area contributed by atoms with Crippen molar-refractivity contribution < 1.29 is 45.6 Å². The normalized spacial score (nSPS) is 14.8. The van der Waals surface area contributed by atoms with Gasteiger partial charge in [0, 0.05) is 57.8 Å². The van der Waals surface area contributed by atoms with E-state index in [-0.39, 0.29) is 84.2 Å². The van der Waals surface area contributed by atoms with E-state index in [9.17, 15) is 35.4 Å². The fraction of sp³-hybridized carbons (Fsp3) is 0.967. The van der Waals surface area contributed by atoms with Gasteiger partial charge in [0.05, 0.1) is 51.8 Å². The first-order valence-corrected chi connectivity index (χ1v) is 16.1. The fourth-order valence-corrected chi connectivity index (χ4v) is 5.69. The molecule has 0 heterocycles. The van der Waals surface area contributed by atoms with Gasteiger partial charge >= 0.3 is 0 Å². The van der Waals surface area contributed by atoms with E-state index in [2.05, 4.69) is 6.92 Å². The third-order valence-corrected chi connectivity index (χ3v) is 7.94. The lowest BCUT2D eigenvalue weighted by atomic mass is 9.91. The highest BCUT2D eigenvalue weighted by molar-refractivity contribution is 5.76. The molecule has 0 aromatic rings. The number of hydrogen-bond acceptors (Lipinski definition) is 11. The summed E-state index contributed by atoms with van der Waals surface area (Å²) in [4.78, 5) is 17.5. The molecule has 1 amide bonds. The second-order valence-electron chi connectivity index (χ2n) is 11.1. The molecule has 12 nitrogen and oxygen atoms in total. The highest BCUT2D eigenvalue weighted by Crippen LogP contribution is 2.23. The third kappa shape index (κ3) is 18.0. The molecule has 42 heavy (non-hydrogen) atoms. The molecule has 4 atom stereocenters. The fourth-order valence-electron chi connectivity index (χ4n) is 5.69. The maximum atomic E-state index is 12.3. The van der Waals surface area contributed by atoms with E-state index in [0.717, 1.165) is 44.9 Å². The molecule has 0 radical (unpaired) electrons. The van der Waals surface area contributed by atoms with Gasteiger partial charge in [-0.1, -0.05) is 51.9 Å². The van der Waals surface area contributed by atoms with Crippen LogP contribution in [0.1, 0.15) is 84.0 Å². The second-order valence-corrected chi connectivity index (χ2v) is 11.1. The molecule has 12 heteroatoms. The average Bonchev–Trinajstić information content (AvgIpc) is 2.97. The van der Waals surface area contributed by atoms with Gasteiger partial charge in [0.15, 0.2) is 0 Å². The predicted molar refractivity (Wildman–Crippen MR) is 163 cm³/mol. The summed E-state index contributed by atoms with van der Waals surface area (Å²) >= 11 is 0. The lowest BCUT2D eigenvalue weighted by Gasteiger charge is -2.40. The number of carbonyl (C=O) groups is 1. The van der Waals surface area contributed by atoms with Crippen molar-refractivity contribution in [3.05, 3.63) is 0 Å². The lowest BCUT2D eigenvalue weighted by Crippen LogP contribution is -2.52. The number of unbranched alkanes of at least 4 members (excludes halogenated alkanes) is 6. The molecule has 0 aromatic carbocycles. The monoisotopic (exact) mass is 609 g/mol. The first-order valence-electron chi connectivity index (χ1n) is 16.1. The highest BCUT2D eigenvalue weighted by Gasteiger charge is 2.33. The van der Waals surface area contributed by atoms with Crippen LogP contribution in [-0.2, 0) is 4.79 Å². The van der Waals surface area contributed by atoms with Crippen molar-refractivity contribution in [3.63, 3.8) is 0 Å². The largest absolute Gasteiger partial charge is 0.395 e. The molecular weight excluding hydrogens is 546 g/mol. The second kappa shape index (κ2) is 27.6. The zero-order chi connectivity index (χ0) is 31.6. The van der Waals surface area contributed by atoms with Gasteiger partial charge in [-0.05, 0) is 25.7 Å². The van der Waals surface area contributed by atoms with Crippen LogP contribution >= 0.6 is 0 Å². The van der Waals surface area contributed by atoms with E-state index < -0.39 is 18.2 Å². The number of hydrogen-bond donors (Lipinski definition) is 8. The quantitative estimate of drug-likeness (QED) is 0.0492. The van der Waals surface area contributed by atoms with Crippen LogP contribution in [0, 0.1) is 0 Å². The molecule has 0 saturated carbocycles. The maximum Gasteiger partial charge on any atom is 0.222 e. The minimum atomic E-state index is -0.840. The van der Waals surface area contributed by atoms with Gasteiger partial charge in [-0.3, -0.25) is 14.6 Å². The summed E-state index contributed by atoms with van der Waals surface area (Å²) in [6.07, 6.45) is 7.11. The van der Waals surface area contributed by atoms with Crippen LogP contribution in [0.5, 0.6) is 0 Å². The Kier molecular flexibility index (Phi) is 27.0. The SMILES string of the molecule is CCCCCC(C(O)CC(C(O)CCCCCCCC(=O)N(CCO)CCO)N(CCO)CCO)N(CCO)CCO. The first-order chi connectivity index (χ1) is 20.3. The molecule has 0 bridgehead atoms. The molecule has 0 aliphatic heterocycles. The Morgan fingerprint density at radius 1 is 0.548 bits per heavy atom. The van der Waals surface area contributed by atoms with Gasteiger partial charge in [0.2, 0.25) is 5.91 Å². The molecule has 0 spiro atoms. The molecule has 8 N–H and O–H groups in total. The average molecular weight is 610 g/mol. The van der Waals surface area contributed by atoms with Crippen LogP contribution in [0.3, 0.4) is 0 Å². The molecule has 252 valence electrons. The lowest BCUT2D eigenvalue weighted by molar-refractivity contribution is -0.132. The smallest absolute Gasteiger partial charge is 0.222 e. The van der Waals surface area contributed by atoms with Crippen molar-refractivity contribution in [3.8, 4) is 0 Å². The molecule has 4 unspecified atom stereocenters. The van der Waals surface area contributed by atoms with E-state index in [0.29, 0.717) is 38.8 Å². The number of rotatable bonds is 30. The van der Waals surface area contributed by atoms with Crippen LogP contribution in [0.25, 0.3) is 0 Å². The van der Waals surface area contributed by atoms with Crippen molar-refractivity contribution in [2.75, 3.05) is 78.9 Å². The van der Waals surface area contributed by atoms with Gasteiger partial charge in [-0.15, -0.1) is 0 Å². The summed E-state index contributed by atoms with van der Waals surface area (Å²) in [5.74, 6) is -0.0766. The standard InChI is InChI=1S/C30H63N3O9/c1-2-3-7-10-26(31(13-19-34)14-20-35)29(41)25-27(32(15-21-36)16-22-37)28(40)11-8-5-4-6-9-12-30(42)33(17-23-38)18-24-39/h26-29,34-41H,2-25H2,1H3. The van der Waals surface area contributed by atoms with E-state index in [1.165, 1.54) is 4.90 Å². The van der Waals surface area contributed by atoms with Crippen LogP contribution in [0.2, 0.25) is 0 Å². The molecule has 0 aliphatic carbocycles. The zero-order valence-electron chi connectivity index (χ0n) is 26.1. The van der Waals surface area contributed by atoms with Crippen LogP contribution in [0.15, 0.2) is 0 Å². The zero-order valence-corrected chi connectivity index (χ0v) is 26.1. The van der Waals surface area contributed by atoms with Crippen molar-refractivity contribution in [2.24, 2.45) is 0 Å². The van der Waals surface area contributed by atoms with Crippen LogP contribution in [-0.4, -0.2) is 165 Å². The molecule has 0 aromatic heterocycles. The van der Waals surface area contributed by atoms with Crippen molar-refractivity contribution in [1.29, 1.82) is 0 Å². The van der Waals surface area contributed by atoms with Crippen molar-refractivity contribution >= 4 is 5.91 Å². The van der Waals surface area contributed by atoms with Gasteiger partial charge in [-0.2, -0.15) is 0 Å². The van der Waals surface area contributed by atoms with Crippen LogP contribution in [0.4, 0.5) is 0 Å². The minimum Gasteiger partial charge on any atom is -0.395 e. The molecular formula is C30H63N3O9. The van der Waals surface area contributed by atoms with E-state index in [1.54, 1.807) is 0 Å². The predicted octanol–water partition coefficient (Wildman–Crippen LogP) is -0.467. The van der Waals surface area contributed by atoms with Crippen LogP contribution < -0.4 is 0 Å². The Morgan fingerprint density at radius 3 is 1.50 bits per heavy atom. The van der Waals surface area contributed by atoms with Gasteiger partial charge in [0.25, 0.3) is 0 Å². The third-order valence-electron chi connectivity index (χ3n) is 7.94. The number of carbonyl (C=O) groups excluding carboxylic acids is 1. The summed E-state index contributed by atoms with van der Waals surface area (Å²) in [7, 11) is 0. The highest BCUT2D eigenvalue weighted by atomic mass is 16.3. The molecule has 0 rings (SSSR count). The maximum absolute atomic E-state index is 12.3. The topological polar surface area (TPSA) is 189 Å². The number of aliphatic hydroxyl groups is 8. The number of nitrogens with zero attached hydrogens (tertiary/aromatic N) is 3. The summed E-state index contributed by atoms with van der Waals surface area (Å²) in [5, 5.41) is 79.4. The first kappa shape index (κ1) is 41.1. The van der Waals surface area contributed by atoms with Crippen molar-refractivity contribution in [2.45, 2.75) is 108 Å². The van der Waals surface area contributed by atoms with Gasteiger partial charge in [0.1, 0.15) is 0 Å². The summed E-state index contributed by atoms with van der Waals surface area (Å²) < 4.78 is 0. The summed E-state index contributed by atoms with van der Waals surface area (Å²) in [6, 6.07) is -0.788. The van der Waals surface area contributed by atoms with Crippen molar-refractivity contribution in [1.82, 2.24) is 14.7 Å². The minimum absolute atomic E-state index is 0.0766. The number of amides is 1. The number of aliphatic hydroxyl groups excluding tert-OH is 8. The van der Waals surface area contributed by atoms with E-state index >= 15 is 0 Å². The Hall–Kier alpha value is -0.930. The van der Waals surface area contributed by atoms with Gasteiger partial charge < -0.3 is 45.8 Å². The Labute approximate surface area is 253 Å². The molecule has 0 fully saturated rings. The Balaban J connectivity index is 5.18. The summed E-state index contributed by atoms with van der Waals surface area (Å²) in [6.45, 7) is 2.94. The summed E-state index contributed by atoms with van der Waals surface area (Å²) in [5.41, 5.74) is 0. The van der Waals surface area contributed by atoms with E-state index in [4.69, 9.17) is 10.2 Å². The molecule has 0 saturated heterocycles. The molecule has 0 aliphatic rings. The van der Waals surface area contributed by atoms with E-state index in [1.807, 2.05) is 9.80 Å². The van der Waals surface area contributed by atoms with Gasteiger partial charge in [-0.25, -0.2) is 0 Å². The Bertz CT molecular complexity index is 603. The Morgan fingerprint density at radius 2 is 1.00 bits per heavy atom.